The summed E-state index contributed by atoms with van der Waals surface area (Å²) in [6.07, 6.45) is 3.24. The molecule has 1 amide bonds. The number of anilines is 1. The Kier molecular flexibility index (Phi) is 6.60. The average molecular weight is 442 g/mol. The van der Waals surface area contributed by atoms with Crippen LogP contribution in [-0.4, -0.2) is 33.3 Å². The third-order valence-electron chi connectivity index (χ3n) is 3.58. The maximum absolute atomic E-state index is 12.1. The van der Waals surface area contributed by atoms with Crippen molar-refractivity contribution in [1.82, 2.24) is 5.43 Å². The second-order valence-corrected chi connectivity index (χ2v) is 8.40. The zero-order valence-corrected chi connectivity index (χ0v) is 17.1. The molecule has 0 saturated heterocycles. The first-order valence-corrected chi connectivity index (χ1v) is 10.5. The molecule has 0 radical (unpaired) electrons. The van der Waals surface area contributed by atoms with E-state index in [1.165, 1.54) is 6.21 Å². The molecule has 0 bridgehead atoms. The molecule has 9 heteroatoms. The van der Waals surface area contributed by atoms with Crippen LogP contribution >= 0.6 is 15.9 Å². The van der Waals surface area contributed by atoms with Crippen molar-refractivity contribution in [2.75, 3.05) is 17.1 Å². The van der Waals surface area contributed by atoms with E-state index in [2.05, 4.69) is 26.5 Å². The lowest BCUT2D eigenvalue weighted by Crippen LogP contribution is -2.39. The Bertz CT molecular complexity index is 885. The Labute approximate surface area is 161 Å². The van der Waals surface area contributed by atoms with Crippen molar-refractivity contribution in [3.63, 3.8) is 0 Å². The average Bonchev–Trinajstić information content (AvgIpc) is 2.90. The Morgan fingerprint density at radius 3 is 2.50 bits per heavy atom. The summed E-state index contributed by atoms with van der Waals surface area (Å²) >= 11 is 3.31. The number of aryl methyl sites for hydroxylation is 2. The van der Waals surface area contributed by atoms with Crippen molar-refractivity contribution in [2.24, 2.45) is 5.10 Å². The number of carbonyl (C=O) groups excluding carboxylic acids is 1. The predicted octanol–water partition coefficient (Wildman–Crippen LogP) is 2.83. The number of hydrogen-bond donors (Lipinski definition) is 1. The van der Waals surface area contributed by atoms with E-state index in [4.69, 9.17) is 4.42 Å². The first kappa shape index (κ1) is 20.2. The Balaban J connectivity index is 2.06. The topological polar surface area (TPSA) is 92.0 Å². The van der Waals surface area contributed by atoms with Crippen LogP contribution in [0.25, 0.3) is 0 Å². The van der Waals surface area contributed by atoms with Crippen LogP contribution in [0.15, 0.2) is 44.3 Å². The molecular weight excluding hydrogens is 422 g/mol. The van der Waals surface area contributed by atoms with E-state index in [1.807, 2.05) is 19.1 Å². The normalized spacial score (nSPS) is 11.7. The van der Waals surface area contributed by atoms with Crippen LogP contribution in [0.1, 0.15) is 24.0 Å². The molecule has 7 nitrogen and oxygen atoms in total. The first-order chi connectivity index (χ1) is 12.2. The molecule has 0 fully saturated rings. The van der Waals surface area contributed by atoms with Crippen molar-refractivity contribution in [2.45, 2.75) is 20.3 Å². The Hall–Kier alpha value is -2.13. The van der Waals surface area contributed by atoms with Gasteiger partial charge in [-0.2, -0.15) is 5.10 Å². The second-order valence-electron chi connectivity index (χ2n) is 5.64. The molecular formula is C17H20BrN3O4S. The fraction of sp³-hybridized carbons (Fsp3) is 0.294. The number of sulfonamides is 1. The SMILES string of the molecule is CCc1ccc(N(CC(=O)N/N=C\c2cc(Br)c(C)o2)S(C)(=O)=O)cc1. The van der Waals surface area contributed by atoms with E-state index >= 15 is 0 Å². The van der Waals surface area contributed by atoms with Crippen LogP contribution in [0.2, 0.25) is 0 Å². The zero-order valence-electron chi connectivity index (χ0n) is 14.7. The second kappa shape index (κ2) is 8.50. The van der Waals surface area contributed by atoms with Gasteiger partial charge in [-0.1, -0.05) is 19.1 Å². The molecule has 140 valence electrons. The third kappa shape index (κ3) is 5.43. The quantitative estimate of drug-likeness (QED) is 0.527. The number of furan rings is 1. The number of hydrazone groups is 1. The van der Waals surface area contributed by atoms with E-state index in [9.17, 15) is 13.2 Å². The highest BCUT2D eigenvalue weighted by molar-refractivity contribution is 9.10. The lowest BCUT2D eigenvalue weighted by atomic mass is 10.1. The lowest BCUT2D eigenvalue weighted by Gasteiger charge is -2.21. The largest absolute Gasteiger partial charge is 0.459 e. The predicted molar refractivity (Wildman–Crippen MR) is 105 cm³/mol. The molecule has 2 aromatic rings. The monoisotopic (exact) mass is 441 g/mol. The maximum Gasteiger partial charge on any atom is 0.260 e. The van der Waals surface area contributed by atoms with Crippen molar-refractivity contribution in [1.29, 1.82) is 0 Å². The molecule has 0 saturated carbocycles. The number of amides is 1. The Morgan fingerprint density at radius 1 is 1.35 bits per heavy atom. The minimum atomic E-state index is -3.62. The Morgan fingerprint density at radius 2 is 2.00 bits per heavy atom. The number of carbonyl (C=O) groups is 1. The number of benzene rings is 1. The van der Waals surface area contributed by atoms with Crippen LogP contribution in [0, 0.1) is 6.92 Å². The number of hydrogen-bond acceptors (Lipinski definition) is 5. The van der Waals surface area contributed by atoms with Gasteiger partial charge in [-0.25, -0.2) is 13.8 Å². The standard InChI is InChI=1S/C17H20BrN3O4S/c1-4-13-5-7-14(8-6-13)21(26(3,23)24)11-17(22)20-19-10-15-9-16(18)12(2)25-15/h5-10H,4,11H2,1-3H3,(H,20,22)/b19-10-. The molecule has 1 aromatic heterocycles. The molecule has 1 N–H and O–H groups in total. The summed E-state index contributed by atoms with van der Waals surface area (Å²) in [6.45, 7) is 3.42. The van der Waals surface area contributed by atoms with Gasteiger partial charge in [-0.15, -0.1) is 0 Å². The van der Waals surface area contributed by atoms with Crippen molar-refractivity contribution >= 4 is 43.8 Å². The van der Waals surface area contributed by atoms with Gasteiger partial charge in [0.1, 0.15) is 18.1 Å². The lowest BCUT2D eigenvalue weighted by molar-refractivity contribution is -0.119. The molecule has 0 aliphatic rings. The van der Waals surface area contributed by atoms with Gasteiger partial charge in [0.25, 0.3) is 5.91 Å². The van der Waals surface area contributed by atoms with Crippen LogP contribution in [-0.2, 0) is 21.2 Å². The van der Waals surface area contributed by atoms with E-state index in [-0.39, 0.29) is 6.54 Å². The highest BCUT2D eigenvalue weighted by atomic mass is 79.9. The minimum Gasteiger partial charge on any atom is -0.459 e. The van der Waals surface area contributed by atoms with E-state index < -0.39 is 15.9 Å². The van der Waals surface area contributed by atoms with Crippen LogP contribution < -0.4 is 9.73 Å². The number of rotatable bonds is 7. The van der Waals surface area contributed by atoms with Gasteiger partial charge >= 0.3 is 0 Å². The molecule has 26 heavy (non-hydrogen) atoms. The molecule has 0 aliphatic heterocycles. The van der Waals surface area contributed by atoms with Gasteiger partial charge in [0.2, 0.25) is 10.0 Å². The number of nitrogens with zero attached hydrogens (tertiary/aromatic N) is 2. The van der Waals surface area contributed by atoms with E-state index in [0.717, 1.165) is 27.0 Å². The summed E-state index contributed by atoms with van der Waals surface area (Å²) in [4.78, 5) is 12.1. The summed E-state index contributed by atoms with van der Waals surface area (Å²) in [5, 5.41) is 3.79. The van der Waals surface area contributed by atoms with Gasteiger partial charge in [0.05, 0.1) is 22.6 Å². The first-order valence-electron chi connectivity index (χ1n) is 7.85. The van der Waals surface area contributed by atoms with Crippen molar-refractivity contribution in [3.8, 4) is 0 Å². The van der Waals surface area contributed by atoms with Crippen LogP contribution in [0.4, 0.5) is 5.69 Å². The van der Waals surface area contributed by atoms with E-state index in [1.54, 1.807) is 25.1 Å². The molecule has 0 unspecified atom stereocenters. The molecule has 1 aromatic carbocycles. The molecule has 0 atom stereocenters. The fourth-order valence-corrected chi connectivity index (χ4v) is 3.34. The number of halogens is 1. The number of nitrogens with one attached hydrogen (secondary N) is 1. The summed E-state index contributed by atoms with van der Waals surface area (Å²) < 4.78 is 31.3. The smallest absolute Gasteiger partial charge is 0.260 e. The molecule has 0 aliphatic carbocycles. The van der Waals surface area contributed by atoms with E-state index in [0.29, 0.717) is 17.2 Å². The van der Waals surface area contributed by atoms with Crippen molar-refractivity contribution in [3.05, 3.63) is 51.9 Å². The highest BCUT2D eigenvalue weighted by Gasteiger charge is 2.20. The summed E-state index contributed by atoms with van der Waals surface area (Å²) in [6, 6.07) is 8.74. The highest BCUT2D eigenvalue weighted by Crippen LogP contribution is 2.19. The fourth-order valence-electron chi connectivity index (χ4n) is 2.18. The minimum absolute atomic E-state index is 0.372. The van der Waals surface area contributed by atoms with Crippen LogP contribution in [0.5, 0.6) is 0 Å². The summed E-state index contributed by atoms with van der Waals surface area (Å²) in [5.41, 5.74) is 3.81. The van der Waals surface area contributed by atoms with Gasteiger partial charge in [-0.05, 0) is 47.0 Å². The zero-order chi connectivity index (χ0) is 19.3. The van der Waals surface area contributed by atoms with Crippen molar-refractivity contribution < 1.29 is 17.6 Å². The summed E-state index contributed by atoms with van der Waals surface area (Å²) in [5.74, 6) is 0.593. The third-order valence-corrected chi connectivity index (χ3v) is 5.51. The van der Waals surface area contributed by atoms with Crippen LogP contribution in [0.3, 0.4) is 0 Å². The molecule has 0 spiro atoms. The molecule has 2 rings (SSSR count). The van der Waals surface area contributed by atoms with Gasteiger partial charge < -0.3 is 4.42 Å². The summed E-state index contributed by atoms with van der Waals surface area (Å²) in [7, 11) is -3.62. The molecule has 1 heterocycles. The van der Waals surface area contributed by atoms with Gasteiger partial charge in [0.15, 0.2) is 0 Å². The maximum atomic E-state index is 12.1. The van der Waals surface area contributed by atoms with Gasteiger partial charge in [0, 0.05) is 6.07 Å². The van der Waals surface area contributed by atoms with Gasteiger partial charge in [-0.3, -0.25) is 9.10 Å².